The summed E-state index contributed by atoms with van der Waals surface area (Å²) in [6, 6.07) is 4.22. The van der Waals surface area contributed by atoms with Gasteiger partial charge in [-0.1, -0.05) is 17.7 Å². The van der Waals surface area contributed by atoms with Gasteiger partial charge in [-0.2, -0.15) is 11.8 Å². The van der Waals surface area contributed by atoms with E-state index in [2.05, 4.69) is 0 Å². The van der Waals surface area contributed by atoms with Crippen molar-refractivity contribution in [1.29, 1.82) is 0 Å². The Bertz CT molecular complexity index is 430. The van der Waals surface area contributed by atoms with Crippen molar-refractivity contribution in [2.24, 2.45) is 5.92 Å². The van der Waals surface area contributed by atoms with Crippen LogP contribution in [0.1, 0.15) is 24.8 Å². The van der Waals surface area contributed by atoms with E-state index in [-0.39, 0.29) is 11.6 Å². The van der Waals surface area contributed by atoms with Gasteiger partial charge in [-0.3, -0.25) is 4.79 Å². The van der Waals surface area contributed by atoms with Crippen molar-refractivity contribution >= 4 is 29.1 Å². The van der Waals surface area contributed by atoms with Crippen molar-refractivity contribution in [2.75, 3.05) is 11.5 Å². The lowest BCUT2D eigenvalue weighted by Crippen LogP contribution is -2.15. The van der Waals surface area contributed by atoms with Gasteiger partial charge in [-0.15, -0.1) is 0 Å². The third-order valence-corrected chi connectivity index (χ3v) is 4.66. The predicted octanol–water partition coefficient (Wildman–Crippen LogP) is 4.12. The van der Waals surface area contributed by atoms with Gasteiger partial charge in [0.2, 0.25) is 0 Å². The third kappa shape index (κ3) is 3.99. The number of carbonyl (C=O) groups excluding carboxylic acids is 1. The number of benzene rings is 1. The van der Waals surface area contributed by atoms with Crippen molar-refractivity contribution in [1.82, 2.24) is 0 Å². The number of rotatable bonds is 4. The van der Waals surface area contributed by atoms with E-state index in [9.17, 15) is 9.18 Å². The highest BCUT2D eigenvalue weighted by atomic mass is 35.5. The van der Waals surface area contributed by atoms with Crippen LogP contribution < -0.4 is 0 Å². The van der Waals surface area contributed by atoms with Crippen LogP contribution in [0.4, 0.5) is 4.39 Å². The van der Waals surface area contributed by atoms with Crippen LogP contribution in [0.5, 0.6) is 0 Å². The van der Waals surface area contributed by atoms with Crippen molar-refractivity contribution in [2.45, 2.75) is 25.7 Å². The fourth-order valence-electron chi connectivity index (χ4n) is 2.22. The Morgan fingerprint density at radius 1 is 1.39 bits per heavy atom. The first-order valence-corrected chi connectivity index (χ1v) is 7.72. The molecule has 0 saturated carbocycles. The van der Waals surface area contributed by atoms with Crippen molar-refractivity contribution < 1.29 is 9.18 Å². The van der Waals surface area contributed by atoms with Gasteiger partial charge in [0.1, 0.15) is 11.6 Å². The molecule has 1 heterocycles. The zero-order chi connectivity index (χ0) is 13.0. The molecule has 1 aliphatic heterocycles. The molecule has 0 aromatic heterocycles. The largest absolute Gasteiger partial charge is 0.299 e. The summed E-state index contributed by atoms with van der Waals surface area (Å²) < 4.78 is 12.9. The second-order valence-corrected chi connectivity index (χ2v) is 6.34. The SMILES string of the molecule is O=C(Cc1ccc(F)cc1Cl)CC1CCSCC1. The lowest BCUT2D eigenvalue weighted by atomic mass is 9.94. The summed E-state index contributed by atoms with van der Waals surface area (Å²) in [5.41, 5.74) is 0.730. The molecule has 1 saturated heterocycles. The number of hydrogen-bond donors (Lipinski definition) is 0. The van der Waals surface area contributed by atoms with Gasteiger partial charge in [-0.05, 0) is 48.0 Å². The highest BCUT2D eigenvalue weighted by Crippen LogP contribution is 2.26. The second kappa shape index (κ2) is 6.58. The maximum absolute atomic E-state index is 12.9. The summed E-state index contributed by atoms with van der Waals surface area (Å²) in [7, 11) is 0. The predicted molar refractivity (Wildman–Crippen MR) is 74.8 cm³/mol. The van der Waals surface area contributed by atoms with E-state index in [0.717, 1.165) is 29.9 Å². The van der Waals surface area contributed by atoms with E-state index in [0.29, 0.717) is 23.8 Å². The summed E-state index contributed by atoms with van der Waals surface area (Å²) in [4.78, 5) is 12.0. The van der Waals surface area contributed by atoms with Crippen LogP contribution in [0.25, 0.3) is 0 Å². The molecule has 1 aliphatic rings. The standard InChI is InChI=1S/C14H16ClFOS/c15-14-9-12(16)2-1-11(14)8-13(17)7-10-3-5-18-6-4-10/h1-2,9-10H,3-8H2. The molecule has 0 atom stereocenters. The average molecular weight is 287 g/mol. The van der Waals surface area contributed by atoms with Gasteiger partial charge >= 0.3 is 0 Å². The number of ketones is 1. The molecule has 0 unspecified atom stereocenters. The average Bonchev–Trinajstić information content (AvgIpc) is 2.34. The van der Waals surface area contributed by atoms with Gasteiger partial charge in [0.05, 0.1) is 0 Å². The highest BCUT2D eigenvalue weighted by Gasteiger charge is 2.18. The van der Waals surface area contributed by atoms with E-state index in [4.69, 9.17) is 11.6 Å². The number of halogens is 2. The third-order valence-electron chi connectivity index (χ3n) is 3.26. The first kappa shape index (κ1) is 13.9. The molecule has 0 N–H and O–H groups in total. The molecular weight excluding hydrogens is 271 g/mol. The minimum Gasteiger partial charge on any atom is -0.299 e. The maximum Gasteiger partial charge on any atom is 0.137 e. The van der Waals surface area contributed by atoms with E-state index < -0.39 is 0 Å². The van der Waals surface area contributed by atoms with E-state index in [1.807, 2.05) is 11.8 Å². The van der Waals surface area contributed by atoms with Gasteiger partial charge < -0.3 is 0 Å². The maximum atomic E-state index is 12.9. The Morgan fingerprint density at radius 2 is 2.11 bits per heavy atom. The van der Waals surface area contributed by atoms with Crippen molar-refractivity contribution in [3.05, 3.63) is 34.6 Å². The van der Waals surface area contributed by atoms with Crippen molar-refractivity contribution in [3.8, 4) is 0 Å². The Labute approximate surface area is 116 Å². The first-order chi connectivity index (χ1) is 8.65. The minimum atomic E-state index is -0.361. The van der Waals surface area contributed by atoms with Crippen molar-refractivity contribution in [3.63, 3.8) is 0 Å². The van der Waals surface area contributed by atoms with Crippen LogP contribution in [0.15, 0.2) is 18.2 Å². The lowest BCUT2D eigenvalue weighted by Gasteiger charge is -2.20. The summed E-state index contributed by atoms with van der Waals surface area (Å²) in [6.07, 6.45) is 3.22. The molecule has 0 radical (unpaired) electrons. The van der Waals surface area contributed by atoms with Gasteiger partial charge in [0, 0.05) is 17.9 Å². The molecule has 1 aromatic rings. The van der Waals surface area contributed by atoms with Gasteiger partial charge in [-0.25, -0.2) is 4.39 Å². The number of Topliss-reactive ketones (excluding diaryl/α,β-unsaturated/α-hetero) is 1. The van der Waals surface area contributed by atoms with Gasteiger partial charge in [0.15, 0.2) is 0 Å². The van der Waals surface area contributed by atoms with E-state index in [1.54, 1.807) is 6.07 Å². The minimum absolute atomic E-state index is 0.209. The summed E-state index contributed by atoms with van der Waals surface area (Å²) in [5.74, 6) is 2.70. The molecular formula is C14H16ClFOS. The molecule has 1 fully saturated rings. The fourth-order valence-corrected chi connectivity index (χ4v) is 3.66. The normalized spacial score (nSPS) is 16.8. The van der Waals surface area contributed by atoms with E-state index in [1.165, 1.54) is 12.1 Å². The Balaban J connectivity index is 1.90. The lowest BCUT2D eigenvalue weighted by molar-refractivity contribution is -0.119. The smallest absolute Gasteiger partial charge is 0.137 e. The van der Waals surface area contributed by atoms with Crippen LogP contribution in [0.3, 0.4) is 0 Å². The van der Waals surface area contributed by atoms with Crippen LogP contribution in [0, 0.1) is 11.7 Å². The monoisotopic (exact) mass is 286 g/mol. The molecule has 1 aromatic carbocycles. The molecule has 0 spiro atoms. The zero-order valence-electron chi connectivity index (χ0n) is 10.1. The number of hydrogen-bond acceptors (Lipinski definition) is 2. The molecule has 2 rings (SSSR count). The topological polar surface area (TPSA) is 17.1 Å². The fraction of sp³-hybridized carbons (Fsp3) is 0.500. The first-order valence-electron chi connectivity index (χ1n) is 6.18. The van der Waals surface area contributed by atoms with Crippen LogP contribution in [-0.4, -0.2) is 17.3 Å². The zero-order valence-corrected chi connectivity index (χ0v) is 11.7. The molecule has 1 nitrogen and oxygen atoms in total. The molecule has 18 heavy (non-hydrogen) atoms. The quantitative estimate of drug-likeness (QED) is 0.828. The van der Waals surface area contributed by atoms with Crippen LogP contribution in [0.2, 0.25) is 5.02 Å². The Kier molecular flexibility index (Phi) is 5.07. The molecule has 0 amide bonds. The van der Waals surface area contributed by atoms with Gasteiger partial charge in [0.25, 0.3) is 0 Å². The summed E-state index contributed by atoms with van der Waals surface area (Å²) >= 11 is 7.88. The number of carbonyl (C=O) groups is 1. The Morgan fingerprint density at radius 3 is 2.78 bits per heavy atom. The summed E-state index contributed by atoms with van der Waals surface area (Å²) in [5, 5.41) is 0.350. The van der Waals surface area contributed by atoms with Crippen LogP contribution >= 0.6 is 23.4 Å². The summed E-state index contributed by atoms with van der Waals surface area (Å²) in [6.45, 7) is 0. The molecule has 4 heteroatoms. The second-order valence-electron chi connectivity index (χ2n) is 4.71. The van der Waals surface area contributed by atoms with E-state index >= 15 is 0 Å². The molecule has 98 valence electrons. The Hall–Kier alpha value is -0.540. The molecule has 0 aliphatic carbocycles. The highest BCUT2D eigenvalue weighted by molar-refractivity contribution is 7.99. The van der Waals surface area contributed by atoms with Crippen LogP contribution in [-0.2, 0) is 11.2 Å². The molecule has 0 bridgehead atoms. The number of thioether (sulfide) groups is 1.